The molecule has 0 aliphatic carbocycles. The minimum absolute atomic E-state index is 0.0893. The summed E-state index contributed by atoms with van der Waals surface area (Å²) in [6, 6.07) is 0. The molecule has 1 saturated heterocycles. The first-order valence-electron chi connectivity index (χ1n) is 4.23. The quantitative estimate of drug-likeness (QED) is 0.396. The average Bonchev–Trinajstić information content (AvgIpc) is 2.67. The summed E-state index contributed by atoms with van der Waals surface area (Å²) in [5, 5.41) is 9.38. The van der Waals surface area contributed by atoms with Crippen LogP contribution < -0.4 is 0 Å². The fraction of sp³-hybridized carbons (Fsp3) is 1.00. The van der Waals surface area contributed by atoms with Gasteiger partial charge in [-0.1, -0.05) is 37.8 Å². The second kappa shape index (κ2) is 4.29. The largest absolute Gasteiger partial charge is 0.390 e. The van der Waals surface area contributed by atoms with Crippen molar-refractivity contribution in [1.82, 2.24) is 0 Å². The van der Waals surface area contributed by atoms with Gasteiger partial charge in [0.25, 0.3) is 0 Å². The summed E-state index contributed by atoms with van der Waals surface area (Å²) in [4.78, 5) is 0. The van der Waals surface area contributed by atoms with Crippen molar-refractivity contribution < 1.29 is 9.84 Å². The number of alkyl halides is 1. The Morgan fingerprint density at radius 2 is 2.18 bits per heavy atom. The lowest BCUT2D eigenvalue weighted by Crippen LogP contribution is -2.15. The highest BCUT2D eigenvalue weighted by Gasteiger charge is 2.42. The van der Waals surface area contributed by atoms with Crippen LogP contribution in [-0.2, 0) is 4.74 Å². The van der Waals surface area contributed by atoms with E-state index in [1.54, 1.807) is 0 Å². The van der Waals surface area contributed by atoms with Crippen molar-refractivity contribution >= 4 is 11.6 Å². The molecular formula is C8H15ClO2. The zero-order chi connectivity index (χ0) is 8.27. The zero-order valence-electron chi connectivity index (χ0n) is 6.79. The van der Waals surface area contributed by atoms with Crippen molar-refractivity contribution in [2.24, 2.45) is 0 Å². The second-order valence-corrected chi connectivity index (χ2v) is 3.45. The lowest BCUT2D eigenvalue weighted by Gasteiger charge is -2.04. The van der Waals surface area contributed by atoms with Crippen LogP contribution in [0.15, 0.2) is 0 Å². The molecule has 1 aliphatic rings. The Morgan fingerprint density at radius 1 is 1.55 bits per heavy atom. The second-order valence-electron chi connectivity index (χ2n) is 3.01. The molecule has 3 atom stereocenters. The van der Waals surface area contributed by atoms with Crippen molar-refractivity contribution in [2.45, 2.75) is 50.4 Å². The molecule has 1 N–H and O–H groups in total. The Hall–Kier alpha value is 0.210. The van der Waals surface area contributed by atoms with Crippen LogP contribution in [0.2, 0.25) is 0 Å². The summed E-state index contributed by atoms with van der Waals surface area (Å²) < 4.78 is 4.92. The third kappa shape index (κ3) is 2.97. The monoisotopic (exact) mass is 178 g/mol. The smallest absolute Gasteiger partial charge is 0.160 e. The molecule has 3 unspecified atom stereocenters. The van der Waals surface area contributed by atoms with Crippen molar-refractivity contribution in [1.29, 1.82) is 0 Å². The van der Waals surface area contributed by atoms with E-state index in [9.17, 15) is 5.11 Å². The molecule has 1 fully saturated rings. The molecule has 0 saturated carbocycles. The van der Waals surface area contributed by atoms with Gasteiger partial charge < -0.3 is 9.84 Å². The van der Waals surface area contributed by atoms with E-state index in [0.717, 1.165) is 12.8 Å². The van der Waals surface area contributed by atoms with E-state index in [4.69, 9.17) is 16.3 Å². The molecule has 1 aliphatic heterocycles. The molecule has 11 heavy (non-hydrogen) atoms. The van der Waals surface area contributed by atoms with Crippen molar-refractivity contribution in [3.05, 3.63) is 0 Å². The van der Waals surface area contributed by atoms with E-state index < -0.39 is 0 Å². The van der Waals surface area contributed by atoms with Gasteiger partial charge in [0.2, 0.25) is 0 Å². The van der Waals surface area contributed by atoms with Gasteiger partial charge in [-0.2, -0.15) is 0 Å². The minimum atomic E-state index is -0.343. The van der Waals surface area contributed by atoms with E-state index in [-0.39, 0.29) is 17.8 Å². The van der Waals surface area contributed by atoms with Crippen LogP contribution in [0.3, 0.4) is 0 Å². The minimum Gasteiger partial charge on any atom is -0.390 e. The van der Waals surface area contributed by atoms with Gasteiger partial charge in [0.05, 0.1) is 6.10 Å². The van der Waals surface area contributed by atoms with Crippen LogP contribution in [0.4, 0.5) is 0 Å². The molecule has 66 valence electrons. The number of epoxide rings is 1. The normalized spacial score (nSPS) is 31.9. The van der Waals surface area contributed by atoms with E-state index >= 15 is 0 Å². The van der Waals surface area contributed by atoms with Gasteiger partial charge in [-0.05, 0) is 6.42 Å². The average molecular weight is 179 g/mol. The summed E-state index contributed by atoms with van der Waals surface area (Å²) in [5.74, 6) is 0. The molecule has 2 nitrogen and oxygen atoms in total. The Labute approximate surface area is 72.5 Å². The third-order valence-electron chi connectivity index (χ3n) is 1.95. The van der Waals surface area contributed by atoms with Crippen LogP contribution in [0, 0.1) is 0 Å². The number of rotatable bonds is 5. The summed E-state index contributed by atoms with van der Waals surface area (Å²) in [5.41, 5.74) is -0.230. The van der Waals surface area contributed by atoms with Crippen LogP contribution in [0.25, 0.3) is 0 Å². The molecule has 0 aromatic carbocycles. The number of hydrogen-bond donors (Lipinski definition) is 1. The van der Waals surface area contributed by atoms with E-state index in [1.807, 2.05) is 0 Å². The first kappa shape index (κ1) is 9.30. The van der Waals surface area contributed by atoms with Gasteiger partial charge in [0.1, 0.15) is 6.10 Å². The molecular weight excluding hydrogens is 164 g/mol. The predicted molar refractivity (Wildman–Crippen MR) is 44.7 cm³/mol. The van der Waals surface area contributed by atoms with Crippen molar-refractivity contribution in [3.63, 3.8) is 0 Å². The Bertz CT molecular complexity index is 119. The fourth-order valence-electron chi connectivity index (χ4n) is 1.14. The molecule has 0 aromatic heterocycles. The maximum atomic E-state index is 9.38. The number of aliphatic hydroxyl groups excluding tert-OH is 1. The fourth-order valence-corrected chi connectivity index (χ4v) is 1.42. The molecule has 3 heteroatoms. The highest BCUT2D eigenvalue weighted by Crippen LogP contribution is 2.30. The summed E-state index contributed by atoms with van der Waals surface area (Å²) in [7, 11) is 0. The van der Waals surface area contributed by atoms with Crippen molar-refractivity contribution in [2.75, 3.05) is 0 Å². The number of halogens is 1. The van der Waals surface area contributed by atoms with Gasteiger partial charge in [-0.3, -0.25) is 0 Å². The Morgan fingerprint density at radius 3 is 2.64 bits per heavy atom. The zero-order valence-corrected chi connectivity index (χ0v) is 7.55. The van der Waals surface area contributed by atoms with Gasteiger partial charge in [0.15, 0.2) is 5.56 Å². The summed E-state index contributed by atoms with van der Waals surface area (Å²) in [6.07, 6.45) is 3.82. The Kier molecular flexibility index (Phi) is 3.63. The van der Waals surface area contributed by atoms with Crippen LogP contribution >= 0.6 is 11.6 Å². The highest BCUT2D eigenvalue weighted by atomic mass is 35.5. The lowest BCUT2D eigenvalue weighted by atomic mass is 10.1. The number of hydrogen-bond acceptors (Lipinski definition) is 2. The van der Waals surface area contributed by atoms with E-state index in [0.29, 0.717) is 0 Å². The lowest BCUT2D eigenvalue weighted by molar-refractivity contribution is 0.123. The maximum absolute atomic E-state index is 9.38. The molecule has 0 amide bonds. The number of aliphatic hydroxyl groups is 1. The predicted octanol–water partition coefficient (Wildman–Crippen LogP) is 1.89. The highest BCUT2D eigenvalue weighted by molar-refractivity contribution is 6.21. The molecule has 1 heterocycles. The van der Waals surface area contributed by atoms with Crippen LogP contribution in [0.5, 0.6) is 0 Å². The molecule has 1 rings (SSSR count). The number of unbranched alkanes of at least 4 members (excludes halogenated alkanes) is 2. The van der Waals surface area contributed by atoms with E-state index in [1.165, 1.54) is 12.8 Å². The topological polar surface area (TPSA) is 32.8 Å². The van der Waals surface area contributed by atoms with E-state index in [2.05, 4.69) is 6.92 Å². The van der Waals surface area contributed by atoms with Gasteiger partial charge >= 0.3 is 0 Å². The maximum Gasteiger partial charge on any atom is 0.160 e. The molecule has 0 radical (unpaired) electrons. The SMILES string of the molecule is CCCCCC(O)C1OC1Cl. The summed E-state index contributed by atoms with van der Waals surface area (Å²) in [6.45, 7) is 2.14. The van der Waals surface area contributed by atoms with Gasteiger partial charge in [-0.25, -0.2) is 0 Å². The van der Waals surface area contributed by atoms with Crippen LogP contribution in [0.1, 0.15) is 32.6 Å². The Balaban J connectivity index is 1.98. The van der Waals surface area contributed by atoms with Crippen LogP contribution in [-0.4, -0.2) is 22.9 Å². The van der Waals surface area contributed by atoms with Gasteiger partial charge in [-0.15, -0.1) is 0 Å². The number of ether oxygens (including phenoxy) is 1. The van der Waals surface area contributed by atoms with Crippen molar-refractivity contribution in [3.8, 4) is 0 Å². The first-order valence-corrected chi connectivity index (χ1v) is 4.67. The molecule has 0 bridgehead atoms. The first-order chi connectivity index (χ1) is 5.25. The summed E-state index contributed by atoms with van der Waals surface area (Å²) >= 11 is 5.58. The molecule has 0 aromatic rings. The molecule has 0 spiro atoms. The standard InChI is InChI=1S/C8H15ClO2/c1-2-3-4-5-6(10)7-8(9)11-7/h6-8,10H,2-5H2,1H3. The van der Waals surface area contributed by atoms with Gasteiger partial charge in [0, 0.05) is 0 Å². The third-order valence-corrected chi connectivity index (χ3v) is 2.30.